The summed E-state index contributed by atoms with van der Waals surface area (Å²) in [5.74, 6) is 0.710. The molecule has 142 valence electrons. The van der Waals surface area contributed by atoms with Gasteiger partial charge in [-0.05, 0) is 36.8 Å². The Morgan fingerprint density at radius 3 is 2.89 bits per heavy atom. The second-order valence-corrected chi connectivity index (χ2v) is 6.43. The van der Waals surface area contributed by atoms with Gasteiger partial charge in [-0.3, -0.25) is 9.59 Å². The summed E-state index contributed by atoms with van der Waals surface area (Å²) in [6, 6.07) is 13.5. The highest BCUT2D eigenvalue weighted by Gasteiger charge is 2.30. The molecule has 0 radical (unpaired) electrons. The first-order valence-electron chi connectivity index (χ1n) is 9.13. The molecule has 0 aliphatic carbocycles. The summed E-state index contributed by atoms with van der Waals surface area (Å²) in [6.07, 6.45) is 2.00. The number of rotatable bonds is 6. The Kier molecular flexibility index (Phi) is 5.96. The molecule has 0 fully saturated rings. The number of nitrogens with one attached hydrogen (secondary N) is 1. The number of nitrogens with zero attached hydrogens (tertiary/aromatic N) is 1. The largest absolute Gasteiger partial charge is 0.494 e. The van der Waals surface area contributed by atoms with E-state index in [1.54, 1.807) is 31.3 Å². The quantitative estimate of drug-likeness (QED) is 0.796. The van der Waals surface area contributed by atoms with Crippen LogP contribution >= 0.6 is 0 Å². The summed E-state index contributed by atoms with van der Waals surface area (Å²) in [7, 11) is 1.68. The summed E-state index contributed by atoms with van der Waals surface area (Å²) in [5, 5.41) is 2.77. The molecular formula is C21H24N2O4. The van der Waals surface area contributed by atoms with E-state index >= 15 is 0 Å². The molecule has 3 rings (SSSR count). The first-order valence-corrected chi connectivity index (χ1v) is 9.13. The van der Waals surface area contributed by atoms with Crippen molar-refractivity contribution in [2.45, 2.75) is 25.8 Å². The Morgan fingerprint density at radius 1 is 1.26 bits per heavy atom. The Hall–Kier alpha value is -3.02. The molecule has 0 bridgehead atoms. The maximum absolute atomic E-state index is 12.7. The predicted octanol–water partition coefficient (Wildman–Crippen LogP) is 3.02. The number of carbonyl (C=O) groups excluding carboxylic acids is 2. The van der Waals surface area contributed by atoms with Crippen LogP contribution in [-0.4, -0.2) is 38.1 Å². The number of benzene rings is 2. The number of amides is 2. The van der Waals surface area contributed by atoms with Crippen molar-refractivity contribution in [1.82, 2.24) is 5.32 Å². The maximum Gasteiger partial charge on any atom is 0.252 e. The third-order valence-electron chi connectivity index (χ3n) is 4.43. The van der Waals surface area contributed by atoms with Crippen molar-refractivity contribution < 1.29 is 19.1 Å². The van der Waals surface area contributed by atoms with Gasteiger partial charge in [-0.2, -0.15) is 0 Å². The predicted molar refractivity (Wildman–Crippen MR) is 103 cm³/mol. The number of unbranched alkanes of at least 4 members (excludes halogenated alkanes) is 1. The third kappa shape index (κ3) is 4.39. The number of ether oxygens (including phenoxy) is 2. The van der Waals surface area contributed by atoms with Gasteiger partial charge < -0.3 is 19.7 Å². The fourth-order valence-corrected chi connectivity index (χ4v) is 2.86. The second kappa shape index (κ2) is 8.58. The molecule has 1 heterocycles. The Balaban J connectivity index is 1.69. The highest BCUT2D eigenvalue weighted by atomic mass is 16.5. The molecule has 2 amide bonds. The van der Waals surface area contributed by atoms with Gasteiger partial charge in [0.1, 0.15) is 24.1 Å². The van der Waals surface area contributed by atoms with E-state index in [1.807, 2.05) is 24.3 Å². The minimum atomic E-state index is -0.764. The SMILES string of the molecule is CCCCOc1cccc(C(=O)N[C@H]2COc3ccccc3N(C)C2=O)c1. The fourth-order valence-electron chi connectivity index (χ4n) is 2.86. The Morgan fingerprint density at radius 2 is 2.07 bits per heavy atom. The van der Waals surface area contributed by atoms with Gasteiger partial charge >= 0.3 is 0 Å². The molecule has 0 saturated carbocycles. The van der Waals surface area contributed by atoms with E-state index < -0.39 is 6.04 Å². The molecule has 0 aromatic heterocycles. The normalized spacial score (nSPS) is 16.1. The topological polar surface area (TPSA) is 67.9 Å². The van der Waals surface area contributed by atoms with Gasteiger partial charge in [-0.15, -0.1) is 0 Å². The molecule has 1 atom stereocenters. The number of fused-ring (bicyclic) bond motifs is 1. The van der Waals surface area contributed by atoms with E-state index in [0.717, 1.165) is 12.8 Å². The Labute approximate surface area is 159 Å². The fraction of sp³-hybridized carbons (Fsp3) is 0.333. The summed E-state index contributed by atoms with van der Waals surface area (Å²) in [6.45, 7) is 2.78. The van der Waals surface area contributed by atoms with Gasteiger partial charge in [0.2, 0.25) is 0 Å². The summed E-state index contributed by atoms with van der Waals surface area (Å²) >= 11 is 0. The van der Waals surface area contributed by atoms with Crippen LogP contribution in [0.2, 0.25) is 0 Å². The van der Waals surface area contributed by atoms with Crippen LogP contribution < -0.4 is 19.7 Å². The van der Waals surface area contributed by atoms with Crippen LogP contribution in [0, 0.1) is 0 Å². The van der Waals surface area contributed by atoms with Crippen LogP contribution in [0.5, 0.6) is 11.5 Å². The molecule has 1 aliphatic heterocycles. The number of hydrogen-bond acceptors (Lipinski definition) is 4. The van der Waals surface area contributed by atoms with Crippen molar-refractivity contribution in [2.24, 2.45) is 0 Å². The van der Waals surface area contributed by atoms with Crippen molar-refractivity contribution in [1.29, 1.82) is 0 Å². The van der Waals surface area contributed by atoms with Crippen molar-refractivity contribution in [2.75, 3.05) is 25.2 Å². The second-order valence-electron chi connectivity index (χ2n) is 6.43. The van der Waals surface area contributed by atoms with Crippen molar-refractivity contribution in [3.63, 3.8) is 0 Å². The molecular weight excluding hydrogens is 344 g/mol. The van der Waals surface area contributed by atoms with E-state index in [-0.39, 0.29) is 18.4 Å². The smallest absolute Gasteiger partial charge is 0.252 e. The lowest BCUT2D eigenvalue weighted by Crippen LogP contribution is -2.49. The van der Waals surface area contributed by atoms with Crippen molar-refractivity contribution in [3.8, 4) is 11.5 Å². The van der Waals surface area contributed by atoms with Crippen molar-refractivity contribution >= 4 is 17.5 Å². The van der Waals surface area contributed by atoms with Gasteiger partial charge in [-0.25, -0.2) is 0 Å². The molecule has 2 aromatic rings. The zero-order valence-corrected chi connectivity index (χ0v) is 15.6. The van der Waals surface area contributed by atoms with Crippen LogP contribution in [0.15, 0.2) is 48.5 Å². The van der Waals surface area contributed by atoms with E-state index in [9.17, 15) is 9.59 Å². The van der Waals surface area contributed by atoms with E-state index in [0.29, 0.717) is 29.4 Å². The van der Waals surface area contributed by atoms with Crippen LogP contribution in [0.25, 0.3) is 0 Å². The molecule has 6 nitrogen and oxygen atoms in total. The summed E-state index contributed by atoms with van der Waals surface area (Å²) in [5.41, 5.74) is 1.13. The number of likely N-dealkylation sites (N-methyl/N-ethyl adjacent to an activating group) is 1. The number of anilines is 1. The minimum Gasteiger partial charge on any atom is -0.494 e. The standard InChI is InChI=1S/C21H24N2O4/c1-3-4-12-26-16-9-7-8-15(13-16)20(24)22-17-14-27-19-11-6-5-10-18(19)23(2)21(17)25/h5-11,13,17H,3-4,12,14H2,1-2H3,(H,22,24)/t17-/m0/s1. The lowest BCUT2D eigenvalue weighted by Gasteiger charge is -2.20. The summed E-state index contributed by atoms with van der Waals surface area (Å²) in [4.78, 5) is 26.9. The monoisotopic (exact) mass is 368 g/mol. The maximum atomic E-state index is 12.7. The average molecular weight is 368 g/mol. The number of carbonyl (C=O) groups is 2. The van der Waals surface area contributed by atoms with E-state index in [1.165, 1.54) is 4.90 Å². The highest BCUT2D eigenvalue weighted by molar-refractivity contribution is 6.03. The highest BCUT2D eigenvalue weighted by Crippen LogP contribution is 2.29. The van der Waals surface area contributed by atoms with Gasteiger partial charge in [0, 0.05) is 12.6 Å². The number of para-hydroxylation sites is 2. The van der Waals surface area contributed by atoms with Crippen LogP contribution in [0.1, 0.15) is 30.1 Å². The number of hydrogen-bond donors (Lipinski definition) is 1. The average Bonchev–Trinajstić information content (AvgIpc) is 2.81. The summed E-state index contributed by atoms with van der Waals surface area (Å²) < 4.78 is 11.4. The molecule has 1 N–H and O–H groups in total. The first-order chi connectivity index (χ1) is 13.1. The van der Waals surface area contributed by atoms with Crippen LogP contribution in [-0.2, 0) is 4.79 Å². The lowest BCUT2D eigenvalue weighted by atomic mass is 10.1. The van der Waals surface area contributed by atoms with Crippen LogP contribution in [0.4, 0.5) is 5.69 Å². The molecule has 0 spiro atoms. The Bertz CT molecular complexity index is 821. The molecule has 2 aromatic carbocycles. The third-order valence-corrected chi connectivity index (χ3v) is 4.43. The zero-order chi connectivity index (χ0) is 19.2. The molecule has 0 unspecified atom stereocenters. The molecule has 27 heavy (non-hydrogen) atoms. The van der Waals surface area contributed by atoms with Gasteiger partial charge in [0.15, 0.2) is 0 Å². The van der Waals surface area contributed by atoms with Crippen LogP contribution in [0.3, 0.4) is 0 Å². The zero-order valence-electron chi connectivity index (χ0n) is 15.6. The van der Waals surface area contributed by atoms with E-state index in [4.69, 9.17) is 9.47 Å². The molecule has 1 aliphatic rings. The van der Waals surface area contributed by atoms with Gasteiger partial charge in [0.05, 0.1) is 12.3 Å². The van der Waals surface area contributed by atoms with Gasteiger partial charge in [0.25, 0.3) is 11.8 Å². The minimum absolute atomic E-state index is 0.0820. The van der Waals surface area contributed by atoms with E-state index in [2.05, 4.69) is 12.2 Å². The van der Waals surface area contributed by atoms with Crippen molar-refractivity contribution in [3.05, 3.63) is 54.1 Å². The molecule has 0 saturated heterocycles. The van der Waals surface area contributed by atoms with Gasteiger partial charge in [-0.1, -0.05) is 31.5 Å². The lowest BCUT2D eigenvalue weighted by molar-refractivity contribution is -0.120. The molecule has 6 heteroatoms. The first kappa shape index (κ1) is 18.8.